The number of thioether (sulfide) groups is 1. The number of carbonyl (C=O) groups is 4. The lowest BCUT2D eigenvalue weighted by atomic mass is 9.88. The molecule has 198 valence electrons. The number of methoxy groups -OCH3 is 1. The van der Waals surface area contributed by atoms with Crippen LogP contribution in [-0.2, 0) is 22.4 Å². The van der Waals surface area contributed by atoms with Crippen molar-refractivity contribution in [3.05, 3.63) is 75.7 Å². The van der Waals surface area contributed by atoms with Crippen LogP contribution in [0.1, 0.15) is 61.8 Å². The number of aromatic carboxylic acids is 1. The van der Waals surface area contributed by atoms with Crippen molar-refractivity contribution in [1.82, 2.24) is 0 Å². The van der Waals surface area contributed by atoms with Gasteiger partial charge in [-0.1, -0.05) is 25.1 Å². The van der Waals surface area contributed by atoms with E-state index in [0.717, 1.165) is 34.6 Å². The minimum Gasteiger partial charge on any atom is -0.478 e. The summed E-state index contributed by atoms with van der Waals surface area (Å²) in [7, 11) is 1.34. The molecule has 0 fully saturated rings. The van der Waals surface area contributed by atoms with E-state index in [1.807, 2.05) is 6.07 Å². The predicted octanol–water partition coefficient (Wildman–Crippen LogP) is 5.73. The maximum Gasteiger partial charge on any atom is 0.341 e. The van der Waals surface area contributed by atoms with E-state index in [2.05, 4.69) is 17.6 Å². The number of hydrogen-bond donors (Lipinski definition) is 3. The van der Waals surface area contributed by atoms with E-state index in [9.17, 15) is 24.3 Å². The minimum absolute atomic E-state index is 0.0558. The van der Waals surface area contributed by atoms with Crippen LogP contribution in [0, 0.1) is 5.92 Å². The van der Waals surface area contributed by atoms with Crippen LogP contribution in [0.5, 0.6) is 0 Å². The summed E-state index contributed by atoms with van der Waals surface area (Å²) >= 11 is 2.74. The molecule has 2 atom stereocenters. The zero-order valence-corrected chi connectivity index (χ0v) is 22.8. The number of thiophene rings is 1. The zero-order chi connectivity index (χ0) is 27.4. The van der Waals surface area contributed by atoms with Gasteiger partial charge >= 0.3 is 11.9 Å². The largest absolute Gasteiger partial charge is 0.478 e. The van der Waals surface area contributed by atoms with Gasteiger partial charge in [0.25, 0.3) is 5.91 Å². The summed E-state index contributed by atoms with van der Waals surface area (Å²) in [6.07, 6.45) is 2.65. The minimum atomic E-state index is -1.18. The van der Waals surface area contributed by atoms with Crippen LogP contribution >= 0.6 is 23.1 Å². The Morgan fingerprint density at radius 3 is 2.53 bits per heavy atom. The lowest BCUT2D eigenvalue weighted by Gasteiger charge is -2.18. The van der Waals surface area contributed by atoms with Crippen molar-refractivity contribution in [3.8, 4) is 0 Å². The lowest BCUT2D eigenvalue weighted by Crippen LogP contribution is -2.23. The van der Waals surface area contributed by atoms with Crippen molar-refractivity contribution in [2.24, 2.45) is 5.92 Å². The molecule has 0 saturated heterocycles. The fraction of sp³-hybridized carbons (Fsp3) is 0.286. The molecule has 0 bridgehead atoms. The second-order valence-electron chi connectivity index (χ2n) is 9.13. The predicted molar refractivity (Wildman–Crippen MR) is 149 cm³/mol. The van der Waals surface area contributed by atoms with Gasteiger partial charge in [-0.15, -0.1) is 23.1 Å². The van der Waals surface area contributed by atoms with E-state index in [4.69, 9.17) is 4.74 Å². The van der Waals surface area contributed by atoms with Gasteiger partial charge in [-0.3, -0.25) is 9.59 Å². The average molecular weight is 553 g/mol. The molecule has 2 amide bonds. The summed E-state index contributed by atoms with van der Waals surface area (Å²) in [5, 5.41) is 15.0. The second kappa shape index (κ2) is 11.8. The van der Waals surface area contributed by atoms with Gasteiger partial charge in [-0.05, 0) is 68.0 Å². The van der Waals surface area contributed by atoms with E-state index in [1.54, 1.807) is 37.3 Å². The molecule has 38 heavy (non-hydrogen) atoms. The number of carboxylic acid groups (broad SMARTS) is 1. The summed E-state index contributed by atoms with van der Waals surface area (Å²) in [5.74, 6) is -1.90. The van der Waals surface area contributed by atoms with Crippen LogP contribution in [0.3, 0.4) is 0 Å². The molecule has 2 aromatic carbocycles. The Morgan fingerprint density at radius 2 is 1.82 bits per heavy atom. The molecule has 0 spiro atoms. The Morgan fingerprint density at radius 1 is 1.08 bits per heavy atom. The lowest BCUT2D eigenvalue weighted by molar-refractivity contribution is -0.115. The Hall–Kier alpha value is -3.63. The maximum absolute atomic E-state index is 13.1. The first-order chi connectivity index (χ1) is 18.2. The van der Waals surface area contributed by atoms with E-state index in [1.165, 1.54) is 42.3 Å². The van der Waals surface area contributed by atoms with E-state index in [0.29, 0.717) is 22.2 Å². The Balaban J connectivity index is 1.46. The number of carbonyl (C=O) groups excluding carboxylic acids is 3. The fourth-order valence-electron chi connectivity index (χ4n) is 4.34. The molecule has 1 aliphatic carbocycles. The van der Waals surface area contributed by atoms with Crippen molar-refractivity contribution in [3.63, 3.8) is 0 Å². The number of benzene rings is 2. The van der Waals surface area contributed by atoms with Gasteiger partial charge in [0.2, 0.25) is 5.91 Å². The molecule has 3 N–H and O–H groups in total. The highest BCUT2D eigenvalue weighted by atomic mass is 32.2. The summed E-state index contributed by atoms with van der Waals surface area (Å²) < 4.78 is 5.01. The van der Waals surface area contributed by atoms with Crippen LogP contribution in [-0.4, -0.2) is 41.2 Å². The number of carboxylic acids is 1. The highest BCUT2D eigenvalue weighted by molar-refractivity contribution is 8.00. The molecule has 3 aromatic rings. The summed E-state index contributed by atoms with van der Waals surface area (Å²) in [5.41, 5.74) is 1.87. The summed E-state index contributed by atoms with van der Waals surface area (Å²) in [4.78, 5) is 51.7. The number of fused-ring (bicyclic) bond motifs is 1. The van der Waals surface area contributed by atoms with Crippen molar-refractivity contribution in [2.45, 2.75) is 43.3 Å². The van der Waals surface area contributed by atoms with Crippen molar-refractivity contribution in [1.29, 1.82) is 0 Å². The number of rotatable bonds is 8. The van der Waals surface area contributed by atoms with Crippen LogP contribution in [0.2, 0.25) is 0 Å². The van der Waals surface area contributed by atoms with Gasteiger partial charge in [0.15, 0.2) is 0 Å². The molecule has 10 heteroatoms. The maximum atomic E-state index is 13.1. The van der Waals surface area contributed by atoms with Crippen molar-refractivity contribution >= 4 is 57.5 Å². The third-order valence-electron chi connectivity index (χ3n) is 6.31. The third-order valence-corrected chi connectivity index (χ3v) is 8.58. The highest BCUT2D eigenvalue weighted by Crippen LogP contribution is 2.40. The topological polar surface area (TPSA) is 122 Å². The number of anilines is 2. The van der Waals surface area contributed by atoms with Crippen LogP contribution < -0.4 is 10.6 Å². The number of ether oxygens (including phenoxy) is 1. The van der Waals surface area contributed by atoms with E-state index >= 15 is 0 Å². The SMILES string of the molecule is COC(=O)c1c(NC(=O)C(C)Sc2cccc(NC(=O)c3ccccc3C(=O)O)c2)sc2c1CCC(C)C2. The fourth-order valence-corrected chi connectivity index (χ4v) is 6.67. The van der Waals surface area contributed by atoms with Gasteiger partial charge in [0.05, 0.1) is 29.1 Å². The molecule has 8 nitrogen and oxygen atoms in total. The zero-order valence-electron chi connectivity index (χ0n) is 21.2. The van der Waals surface area contributed by atoms with Crippen molar-refractivity contribution in [2.75, 3.05) is 17.7 Å². The van der Waals surface area contributed by atoms with Crippen LogP contribution in [0.4, 0.5) is 10.7 Å². The third kappa shape index (κ3) is 6.08. The Labute approximate surface area is 228 Å². The first kappa shape index (κ1) is 27.4. The number of esters is 1. The van der Waals surface area contributed by atoms with Crippen molar-refractivity contribution < 1.29 is 29.0 Å². The first-order valence-corrected chi connectivity index (χ1v) is 13.8. The molecule has 1 aromatic heterocycles. The second-order valence-corrected chi connectivity index (χ2v) is 11.6. The van der Waals surface area contributed by atoms with Gasteiger partial charge in [0.1, 0.15) is 5.00 Å². The molecule has 4 rings (SSSR count). The Bertz CT molecular complexity index is 1400. The number of amides is 2. The monoisotopic (exact) mass is 552 g/mol. The quantitative estimate of drug-likeness (QED) is 0.241. The molecule has 1 aliphatic rings. The normalized spacial score (nSPS) is 15.2. The standard InChI is InChI=1S/C28H28N2O6S2/c1-15-11-12-21-22(13-15)38-26(23(21)28(35)36-3)30-24(31)16(2)37-18-8-6-7-17(14-18)29-25(32)19-9-4-5-10-20(19)27(33)34/h4-10,14-16H,11-13H2,1-3H3,(H,29,32)(H,30,31)(H,33,34). The molecule has 0 radical (unpaired) electrons. The van der Waals surface area contributed by atoms with Crippen LogP contribution in [0.15, 0.2) is 53.4 Å². The summed E-state index contributed by atoms with van der Waals surface area (Å²) in [6.45, 7) is 3.95. The van der Waals surface area contributed by atoms with E-state index < -0.39 is 23.1 Å². The smallest absolute Gasteiger partial charge is 0.341 e. The van der Waals surface area contributed by atoms with Gasteiger partial charge in [-0.25, -0.2) is 9.59 Å². The molecule has 0 saturated carbocycles. The molecule has 0 aliphatic heterocycles. The van der Waals surface area contributed by atoms with Gasteiger partial charge < -0.3 is 20.5 Å². The van der Waals surface area contributed by atoms with E-state index in [-0.39, 0.29) is 17.0 Å². The molecular weight excluding hydrogens is 524 g/mol. The summed E-state index contributed by atoms with van der Waals surface area (Å²) in [6, 6.07) is 13.0. The molecular formula is C28H28N2O6S2. The van der Waals surface area contributed by atoms with Crippen LogP contribution in [0.25, 0.3) is 0 Å². The molecule has 1 heterocycles. The van der Waals surface area contributed by atoms with Gasteiger partial charge in [-0.2, -0.15) is 0 Å². The number of nitrogens with one attached hydrogen (secondary N) is 2. The first-order valence-electron chi connectivity index (χ1n) is 12.1. The Kier molecular flexibility index (Phi) is 8.53. The number of hydrogen-bond acceptors (Lipinski definition) is 7. The van der Waals surface area contributed by atoms with Gasteiger partial charge in [0, 0.05) is 15.5 Å². The average Bonchev–Trinajstić information content (AvgIpc) is 3.24. The highest BCUT2D eigenvalue weighted by Gasteiger charge is 2.29. The molecule has 2 unspecified atom stereocenters.